The number of amides is 1. The molecular weight excluding hydrogens is 438 g/mol. The molecule has 0 radical (unpaired) electrons. The van der Waals surface area contributed by atoms with Crippen LogP contribution in [0.4, 0.5) is 22.3 Å². The highest BCUT2D eigenvalue weighted by Gasteiger charge is 2.19. The van der Waals surface area contributed by atoms with Crippen molar-refractivity contribution >= 4 is 39.6 Å². The molecule has 3 aromatic heterocycles. The largest absolute Gasteiger partial charge is 0.395 e. The van der Waals surface area contributed by atoms with Gasteiger partial charge < -0.3 is 20.6 Å². The van der Waals surface area contributed by atoms with Gasteiger partial charge in [-0.1, -0.05) is 11.3 Å². The van der Waals surface area contributed by atoms with Crippen LogP contribution in [0.15, 0.2) is 30.7 Å². The molecule has 0 unspecified atom stereocenters. The van der Waals surface area contributed by atoms with E-state index in [2.05, 4.69) is 30.4 Å². The first-order chi connectivity index (χ1) is 15.9. The number of rotatable bonds is 7. The van der Waals surface area contributed by atoms with Gasteiger partial charge in [-0.2, -0.15) is 0 Å². The Labute approximate surface area is 197 Å². The fourth-order valence-corrected chi connectivity index (χ4v) is 4.59. The second kappa shape index (κ2) is 10.2. The minimum Gasteiger partial charge on any atom is -0.395 e. The maximum atomic E-state index is 12.7. The van der Waals surface area contributed by atoms with Gasteiger partial charge in [0.1, 0.15) is 10.7 Å². The van der Waals surface area contributed by atoms with E-state index in [0.717, 1.165) is 60.2 Å². The van der Waals surface area contributed by atoms with Gasteiger partial charge in [0.15, 0.2) is 5.13 Å². The second-order valence-electron chi connectivity index (χ2n) is 8.16. The Hall–Kier alpha value is -3.08. The summed E-state index contributed by atoms with van der Waals surface area (Å²) in [6, 6.07) is 3.98. The van der Waals surface area contributed by atoms with Crippen molar-refractivity contribution in [2.75, 3.05) is 54.9 Å². The van der Waals surface area contributed by atoms with Gasteiger partial charge in [-0.05, 0) is 38.0 Å². The number of anilines is 4. The Morgan fingerprint density at radius 1 is 1.09 bits per heavy atom. The number of carbonyl (C=O) groups excluding carboxylic acids is 1. The SMILES string of the molecule is Cc1cc(Nc2ncc(C(=O)Nc3c(C)cncc3C)s2)cc(N2CCN(CCO)CC2)n1. The van der Waals surface area contributed by atoms with E-state index in [1.54, 1.807) is 18.6 Å². The highest BCUT2D eigenvalue weighted by molar-refractivity contribution is 7.17. The van der Waals surface area contributed by atoms with Crippen LogP contribution < -0.4 is 15.5 Å². The highest BCUT2D eigenvalue weighted by atomic mass is 32.1. The zero-order valence-electron chi connectivity index (χ0n) is 19.1. The van der Waals surface area contributed by atoms with Crippen LogP contribution in [0.1, 0.15) is 26.5 Å². The molecule has 4 heterocycles. The number of β-amino-alcohol motifs (C(OH)–C–C–N with tert-alkyl or cyclic N) is 1. The number of aryl methyl sites for hydroxylation is 3. The molecule has 1 amide bonds. The average Bonchev–Trinajstić information content (AvgIpc) is 3.25. The maximum absolute atomic E-state index is 12.7. The van der Waals surface area contributed by atoms with Crippen LogP contribution in [-0.4, -0.2) is 70.2 Å². The van der Waals surface area contributed by atoms with Crippen molar-refractivity contribution in [2.45, 2.75) is 20.8 Å². The molecule has 0 aromatic carbocycles. The molecule has 1 fully saturated rings. The lowest BCUT2D eigenvalue weighted by Gasteiger charge is -2.35. The van der Waals surface area contributed by atoms with Gasteiger partial charge in [-0.3, -0.25) is 14.7 Å². The number of hydrogen-bond donors (Lipinski definition) is 3. The van der Waals surface area contributed by atoms with Crippen LogP contribution in [0.3, 0.4) is 0 Å². The summed E-state index contributed by atoms with van der Waals surface area (Å²) in [7, 11) is 0. The topological polar surface area (TPSA) is 107 Å². The zero-order valence-corrected chi connectivity index (χ0v) is 19.9. The fraction of sp³-hybridized carbons (Fsp3) is 0.391. The van der Waals surface area contributed by atoms with E-state index < -0.39 is 0 Å². The van der Waals surface area contributed by atoms with Crippen molar-refractivity contribution in [1.82, 2.24) is 19.9 Å². The molecule has 174 valence electrons. The number of thiazole rings is 1. The summed E-state index contributed by atoms with van der Waals surface area (Å²) in [5, 5.41) is 16.1. The van der Waals surface area contributed by atoms with Gasteiger partial charge in [0.25, 0.3) is 5.91 Å². The van der Waals surface area contributed by atoms with Crippen LogP contribution in [-0.2, 0) is 0 Å². The Bertz CT molecular complexity index is 1110. The first-order valence-corrected chi connectivity index (χ1v) is 11.8. The number of nitrogens with zero attached hydrogens (tertiary/aromatic N) is 5. The molecule has 0 spiro atoms. The van der Waals surface area contributed by atoms with Crippen molar-refractivity contribution in [2.24, 2.45) is 0 Å². The van der Waals surface area contributed by atoms with Crippen molar-refractivity contribution in [3.63, 3.8) is 0 Å². The van der Waals surface area contributed by atoms with Gasteiger partial charge in [-0.15, -0.1) is 0 Å². The standard InChI is InChI=1S/C23H29N7O2S/c1-15-12-24-13-16(2)21(15)28-22(32)19-14-25-23(33-19)27-18-10-17(3)26-20(11-18)30-6-4-29(5-7-30)8-9-31/h10-14,31H,4-9H2,1-3H3,(H,24,28,32)(H,25,26,27). The van der Waals surface area contributed by atoms with Gasteiger partial charge in [0, 0.05) is 68.3 Å². The smallest absolute Gasteiger partial charge is 0.267 e. The van der Waals surface area contributed by atoms with Crippen molar-refractivity contribution < 1.29 is 9.90 Å². The number of aliphatic hydroxyl groups is 1. The van der Waals surface area contributed by atoms with E-state index in [1.807, 2.05) is 32.9 Å². The Kier molecular flexibility index (Phi) is 7.17. The lowest BCUT2D eigenvalue weighted by atomic mass is 10.2. The number of nitrogens with one attached hydrogen (secondary N) is 2. The third-order valence-corrected chi connectivity index (χ3v) is 6.51. The van der Waals surface area contributed by atoms with Crippen LogP contribution >= 0.6 is 11.3 Å². The van der Waals surface area contributed by atoms with E-state index in [4.69, 9.17) is 10.1 Å². The van der Waals surface area contributed by atoms with E-state index in [-0.39, 0.29) is 12.5 Å². The summed E-state index contributed by atoms with van der Waals surface area (Å²) in [6.07, 6.45) is 5.06. The van der Waals surface area contributed by atoms with Crippen molar-refractivity contribution in [1.29, 1.82) is 0 Å². The molecule has 0 bridgehead atoms. The molecule has 33 heavy (non-hydrogen) atoms. The molecule has 0 aliphatic carbocycles. The van der Waals surface area contributed by atoms with Crippen molar-refractivity contribution in [3.8, 4) is 0 Å². The van der Waals surface area contributed by atoms with Crippen LogP contribution in [0.25, 0.3) is 0 Å². The molecule has 1 saturated heterocycles. The Morgan fingerprint density at radius 2 is 1.82 bits per heavy atom. The van der Waals surface area contributed by atoms with Crippen molar-refractivity contribution in [3.05, 3.63) is 52.4 Å². The number of aliphatic hydroxyl groups excluding tert-OH is 1. The summed E-state index contributed by atoms with van der Waals surface area (Å²) < 4.78 is 0. The molecule has 0 saturated carbocycles. The predicted molar refractivity (Wildman–Crippen MR) is 132 cm³/mol. The normalized spacial score (nSPS) is 14.4. The second-order valence-corrected chi connectivity index (χ2v) is 9.20. The van der Waals surface area contributed by atoms with Crippen LogP contribution in [0, 0.1) is 20.8 Å². The van der Waals surface area contributed by atoms with Crippen LogP contribution in [0.5, 0.6) is 0 Å². The number of piperazine rings is 1. The Balaban J connectivity index is 1.43. The molecule has 1 aliphatic rings. The first-order valence-electron chi connectivity index (χ1n) is 10.9. The molecule has 4 rings (SSSR count). The summed E-state index contributed by atoms with van der Waals surface area (Å²) in [5.41, 5.74) is 4.42. The van der Waals surface area contributed by atoms with Gasteiger partial charge in [0.05, 0.1) is 12.8 Å². The lowest BCUT2D eigenvalue weighted by molar-refractivity contribution is 0.103. The third-order valence-electron chi connectivity index (χ3n) is 5.60. The first kappa shape index (κ1) is 23.1. The minimum atomic E-state index is -0.190. The Morgan fingerprint density at radius 3 is 2.52 bits per heavy atom. The molecule has 10 heteroatoms. The third kappa shape index (κ3) is 5.65. The van der Waals surface area contributed by atoms with E-state index >= 15 is 0 Å². The highest BCUT2D eigenvalue weighted by Crippen LogP contribution is 2.27. The van der Waals surface area contributed by atoms with Gasteiger partial charge in [0.2, 0.25) is 0 Å². The fourth-order valence-electron chi connectivity index (χ4n) is 3.86. The van der Waals surface area contributed by atoms with Gasteiger partial charge in [-0.25, -0.2) is 9.97 Å². The van der Waals surface area contributed by atoms with Crippen LogP contribution in [0.2, 0.25) is 0 Å². The summed E-state index contributed by atoms with van der Waals surface area (Å²) >= 11 is 1.31. The number of hydrogen-bond acceptors (Lipinski definition) is 9. The monoisotopic (exact) mass is 467 g/mol. The minimum absolute atomic E-state index is 0.187. The van der Waals surface area contributed by atoms with E-state index in [9.17, 15) is 4.79 Å². The molecule has 9 nitrogen and oxygen atoms in total. The molecular formula is C23H29N7O2S. The summed E-state index contributed by atoms with van der Waals surface area (Å²) in [4.78, 5) is 31.0. The van der Waals surface area contributed by atoms with E-state index in [0.29, 0.717) is 16.6 Å². The average molecular weight is 468 g/mol. The molecule has 0 atom stereocenters. The lowest BCUT2D eigenvalue weighted by Crippen LogP contribution is -2.47. The zero-order chi connectivity index (χ0) is 23.4. The molecule has 1 aliphatic heterocycles. The summed E-state index contributed by atoms with van der Waals surface area (Å²) in [6.45, 7) is 10.2. The number of carbonyl (C=O) groups is 1. The summed E-state index contributed by atoms with van der Waals surface area (Å²) in [5.74, 6) is 0.726. The molecule has 3 aromatic rings. The quantitative estimate of drug-likeness (QED) is 0.487. The van der Waals surface area contributed by atoms with Gasteiger partial charge >= 0.3 is 0 Å². The van der Waals surface area contributed by atoms with E-state index in [1.165, 1.54) is 11.3 Å². The number of aromatic nitrogens is 3. The maximum Gasteiger partial charge on any atom is 0.267 e. The number of pyridine rings is 2. The molecule has 3 N–H and O–H groups in total. The predicted octanol–water partition coefficient (Wildman–Crippen LogP) is 2.97.